The summed E-state index contributed by atoms with van der Waals surface area (Å²) in [4.78, 5) is 10.2. The van der Waals surface area contributed by atoms with Crippen LogP contribution in [0.2, 0.25) is 0 Å². The second-order valence-corrected chi connectivity index (χ2v) is 6.53. The van der Waals surface area contributed by atoms with Crippen LogP contribution in [0.3, 0.4) is 0 Å². The molecule has 0 saturated carbocycles. The van der Waals surface area contributed by atoms with Crippen LogP contribution in [0.25, 0.3) is 0 Å². The van der Waals surface area contributed by atoms with E-state index >= 15 is 0 Å². The maximum atomic E-state index is 14.1. The van der Waals surface area contributed by atoms with E-state index in [1.165, 1.54) is 0 Å². The van der Waals surface area contributed by atoms with Crippen molar-refractivity contribution in [3.05, 3.63) is 28.0 Å². The summed E-state index contributed by atoms with van der Waals surface area (Å²) < 4.78 is 39.7. The molecule has 0 aromatic heterocycles. The highest BCUT2D eigenvalue weighted by Gasteiger charge is 2.29. The number of terminal acetylenes is 1. The van der Waals surface area contributed by atoms with Gasteiger partial charge < -0.3 is 5.11 Å². The number of halogens is 2. The SMILES string of the molecule is C#CCN(CC)S(=O)(=O)c1cc(Br)cc(C(=O)O)c1F. The molecule has 0 atom stereocenters. The molecular formula is C12H11BrFNO4S. The Morgan fingerprint density at radius 1 is 1.55 bits per heavy atom. The van der Waals surface area contributed by atoms with Crippen LogP contribution < -0.4 is 0 Å². The smallest absolute Gasteiger partial charge is 0.338 e. The van der Waals surface area contributed by atoms with E-state index in [0.717, 1.165) is 16.4 Å². The van der Waals surface area contributed by atoms with Crippen molar-refractivity contribution in [3.8, 4) is 12.3 Å². The van der Waals surface area contributed by atoms with E-state index in [-0.39, 0.29) is 17.6 Å². The zero-order valence-electron chi connectivity index (χ0n) is 10.4. The van der Waals surface area contributed by atoms with Crippen LogP contribution in [-0.4, -0.2) is 36.9 Å². The highest BCUT2D eigenvalue weighted by molar-refractivity contribution is 9.10. The third kappa shape index (κ3) is 3.17. The molecule has 1 aromatic carbocycles. The van der Waals surface area contributed by atoms with Crippen molar-refractivity contribution in [2.45, 2.75) is 11.8 Å². The lowest BCUT2D eigenvalue weighted by Gasteiger charge is -2.18. The molecule has 0 aliphatic rings. The maximum absolute atomic E-state index is 14.1. The minimum absolute atomic E-state index is 0.0426. The first-order valence-corrected chi connectivity index (χ1v) is 7.65. The Kier molecular flexibility index (Phi) is 5.28. The third-order valence-corrected chi connectivity index (χ3v) is 4.85. The molecule has 1 aromatic rings. The molecule has 0 amide bonds. The maximum Gasteiger partial charge on any atom is 0.338 e. The number of rotatable bonds is 5. The van der Waals surface area contributed by atoms with Gasteiger partial charge in [-0.3, -0.25) is 0 Å². The van der Waals surface area contributed by atoms with Crippen molar-refractivity contribution in [1.29, 1.82) is 0 Å². The summed E-state index contributed by atoms with van der Waals surface area (Å²) in [5, 5.41) is 8.88. The number of sulfonamides is 1. The van der Waals surface area contributed by atoms with Crippen LogP contribution in [0.1, 0.15) is 17.3 Å². The molecule has 0 saturated heterocycles. The number of benzene rings is 1. The van der Waals surface area contributed by atoms with Gasteiger partial charge in [-0.2, -0.15) is 4.31 Å². The van der Waals surface area contributed by atoms with Gasteiger partial charge in [0.05, 0.1) is 12.1 Å². The van der Waals surface area contributed by atoms with Gasteiger partial charge in [0.25, 0.3) is 0 Å². The van der Waals surface area contributed by atoms with E-state index in [9.17, 15) is 17.6 Å². The fourth-order valence-corrected chi connectivity index (χ4v) is 3.60. The first kappa shape index (κ1) is 16.6. The summed E-state index contributed by atoms with van der Waals surface area (Å²) in [6.45, 7) is 1.36. The number of aromatic carboxylic acids is 1. The lowest BCUT2D eigenvalue weighted by Crippen LogP contribution is -2.32. The zero-order valence-corrected chi connectivity index (χ0v) is 12.8. The van der Waals surface area contributed by atoms with Gasteiger partial charge in [-0.1, -0.05) is 28.8 Å². The summed E-state index contributed by atoms with van der Waals surface area (Å²) in [5.41, 5.74) is -0.727. The van der Waals surface area contributed by atoms with Crippen molar-refractivity contribution in [3.63, 3.8) is 0 Å². The number of carboxylic acid groups (broad SMARTS) is 1. The summed E-state index contributed by atoms with van der Waals surface area (Å²) in [6, 6.07) is 2.00. The second kappa shape index (κ2) is 6.35. The predicted molar refractivity (Wildman–Crippen MR) is 74.3 cm³/mol. The van der Waals surface area contributed by atoms with E-state index in [2.05, 4.69) is 21.9 Å². The van der Waals surface area contributed by atoms with Crippen LogP contribution in [0, 0.1) is 18.2 Å². The molecule has 1 rings (SSSR count). The molecule has 8 heteroatoms. The molecule has 0 fully saturated rings. The Balaban J connectivity index is 3.54. The molecule has 0 aliphatic heterocycles. The van der Waals surface area contributed by atoms with E-state index in [0.29, 0.717) is 0 Å². The molecule has 0 unspecified atom stereocenters. The molecular weight excluding hydrogens is 353 g/mol. The van der Waals surface area contributed by atoms with E-state index in [1.54, 1.807) is 6.92 Å². The van der Waals surface area contributed by atoms with E-state index < -0.39 is 32.3 Å². The largest absolute Gasteiger partial charge is 0.478 e. The Morgan fingerprint density at radius 2 is 2.15 bits per heavy atom. The zero-order chi connectivity index (χ0) is 15.5. The molecule has 20 heavy (non-hydrogen) atoms. The molecule has 108 valence electrons. The first-order valence-electron chi connectivity index (χ1n) is 5.41. The number of carbonyl (C=O) groups is 1. The highest BCUT2D eigenvalue weighted by Crippen LogP contribution is 2.26. The van der Waals surface area contributed by atoms with Gasteiger partial charge in [-0.25, -0.2) is 17.6 Å². The van der Waals surface area contributed by atoms with Gasteiger partial charge in [0, 0.05) is 11.0 Å². The predicted octanol–water partition coefficient (Wildman–Crippen LogP) is 1.93. The van der Waals surface area contributed by atoms with Crippen LogP contribution in [0.15, 0.2) is 21.5 Å². The van der Waals surface area contributed by atoms with Crippen molar-refractivity contribution >= 4 is 31.9 Å². The van der Waals surface area contributed by atoms with Crippen molar-refractivity contribution in [2.75, 3.05) is 13.1 Å². The molecule has 0 heterocycles. The van der Waals surface area contributed by atoms with Crippen LogP contribution in [-0.2, 0) is 10.0 Å². The average molecular weight is 364 g/mol. The quantitative estimate of drug-likeness (QED) is 0.811. The number of hydrogen-bond donors (Lipinski definition) is 1. The summed E-state index contributed by atoms with van der Waals surface area (Å²) in [7, 11) is -4.20. The lowest BCUT2D eigenvalue weighted by atomic mass is 10.2. The summed E-state index contributed by atoms with van der Waals surface area (Å²) >= 11 is 2.96. The van der Waals surface area contributed by atoms with Gasteiger partial charge in [0.15, 0.2) is 5.82 Å². The third-order valence-electron chi connectivity index (χ3n) is 2.47. The molecule has 5 nitrogen and oxygen atoms in total. The van der Waals surface area contributed by atoms with E-state index in [4.69, 9.17) is 11.5 Å². The number of hydrogen-bond acceptors (Lipinski definition) is 3. The van der Waals surface area contributed by atoms with Gasteiger partial charge in [-0.05, 0) is 12.1 Å². The normalized spacial score (nSPS) is 11.3. The molecule has 0 aliphatic carbocycles. The van der Waals surface area contributed by atoms with Gasteiger partial charge in [-0.15, -0.1) is 6.42 Å². The van der Waals surface area contributed by atoms with Gasteiger partial charge in [0.1, 0.15) is 4.90 Å². The van der Waals surface area contributed by atoms with Gasteiger partial charge in [0.2, 0.25) is 10.0 Å². The lowest BCUT2D eigenvalue weighted by molar-refractivity contribution is 0.0691. The minimum Gasteiger partial charge on any atom is -0.478 e. The first-order chi connectivity index (χ1) is 9.25. The van der Waals surface area contributed by atoms with E-state index in [1.807, 2.05) is 0 Å². The number of carboxylic acids is 1. The van der Waals surface area contributed by atoms with Crippen molar-refractivity contribution < 1.29 is 22.7 Å². The Bertz CT molecular complexity index is 681. The summed E-state index contributed by atoms with van der Waals surface area (Å²) in [5.74, 6) is -0.702. The monoisotopic (exact) mass is 363 g/mol. The molecule has 0 spiro atoms. The molecule has 0 radical (unpaired) electrons. The van der Waals surface area contributed by atoms with Crippen molar-refractivity contribution in [2.24, 2.45) is 0 Å². The summed E-state index contributed by atoms with van der Waals surface area (Å²) in [6.07, 6.45) is 5.07. The number of nitrogens with zero attached hydrogens (tertiary/aromatic N) is 1. The topological polar surface area (TPSA) is 74.7 Å². The van der Waals surface area contributed by atoms with Crippen LogP contribution in [0.4, 0.5) is 4.39 Å². The molecule has 1 N–H and O–H groups in total. The fourth-order valence-electron chi connectivity index (χ4n) is 1.52. The Hall–Kier alpha value is -1.43. The van der Waals surface area contributed by atoms with Crippen molar-refractivity contribution in [1.82, 2.24) is 4.31 Å². The fraction of sp³-hybridized carbons (Fsp3) is 0.250. The Labute approximate surface area is 124 Å². The standard InChI is InChI=1S/C12H11BrFNO4S/c1-3-5-15(4-2)20(18,19)10-7-8(13)6-9(11(10)14)12(16)17/h1,6-7H,4-5H2,2H3,(H,16,17). The highest BCUT2D eigenvalue weighted by atomic mass is 79.9. The van der Waals surface area contributed by atoms with Crippen LogP contribution >= 0.6 is 15.9 Å². The van der Waals surface area contributed by atoms with Crippen LogP contribution in [0.5, 0.6) is 0 Å². The average Bonchev–Trinajstić information content (AvgIpc) is 2.37. The minimum atomic E-state index is -4.20. The molecule has 0 bridgehead atoms. The second-order valence-electron chi connectivity index (χ2n) is 3.71. The van der Waals surface area contributed by atoms with Gasteiger partial charge >= 0.3 is 5.97 Å². The Morgan fingerprint density at radius 3 is 2.60 bits per heavy atom.